The summed E-state index contributed by atoms with van der Waals surface area (Å²) in [6, 6.07) is 12.5. The molecule has 1 N–H and O–H groups in total. The van der Waals surface area contributed by atoms with Crippen LogP contribution in [0.3, 0.4) is 0 Å². The van der Waals surface area contributed by atoms with E-state index < -0.39 is 0 Å². The third kappa shape index (κ3) is 1.53. The van der Waals surface area contributed by atoms with Gasteiger partial charge in [0.15, 0.2) is 0 Å². The minimum Gasteiger partial charge on any atom is -0.309 e. The standard InChI is InChI=1S/C13H12N2/c1-2-4-12-10(3-1)5-6-13(15-12)11-7-8-14-9-11/h1-7,14H,8-9H2. The third-order valence-corrected chi connectivity index (χ3v) is 2.74. The van der Waals surface area contributed by atoms with Crippen molar-refractivity contribution in [1.82, 2.24) is 10.3 Å². The molecule has 2 heteroatoms. The fourth-order valence-electron chi connectivity index (χ4n) is 1.91. The van der Waals surface area contributed by atoms with Gasteiger partial charge in [0.1, 0.15) is 0 Å². The first-order valence-corrected chi connectivity index (χ1v) is 5.19. The molecule has 0 fully saturated rings. The van der Waals surface area contributed by atoms with Crippen molar-refractivity contribution < 1.29 is 0 Å². The van der Waals surface area contributed by atoms with Crippen LogP contribution in [0, 0.1) is 0 Å². The van der Waals surface area contributed by atoms with Crippen LogP contribution < -0.4 is 5.32 Å². The maximum Gasteiger partial charge on any atom is 0.0709 e. The van der Waals surface area contributed by atoms with Gasteiger partial charge in [-0.25, -0.2) is 4.98 Å². The molecule has 0 saturated carbocycles. The third-order valence-electron chi connectivity index (χ3n) is 2.74. The zero-order chi connectivity index (χ0) is 10.1. The number of rotatable bonds is 1. The Hall–Kier alpha value is -1.67. The van der Waals surface area contributed by atoms with Crippen molar-refractivity contribution in [3.63, 3.8) is 0 Å². The summed E-state index contributed by atoms with van der Waals surface area (Å²) >= 11 is 0. The van der Waals surface area contributed by atoms with E-state index in [2.05, 4.69) is 40.6 Å². The number of nitrogens with zero attached hydrogens (tertiary/aromatic N) is 1. The molecular formula is C13H12N2. The molecule has 2 heterocycles. The lowest BCUT2D eigenvalue weighted by Crippen LogP contribution is -2.07. The van der Waals surface area contributed by atoms with Crippen molar-refractivity contribution in [2.45, 2.75) is 0 Å². The van der Waals surface area contributed by atoms with Gasteiger partial charge < -0.3 is 5.32 Å². The van der Waals surface area contributed by atoms with Gasteiger partial charge in [0.25, 0.3) is 0 Å². The molecule has 2 aromatic rings. The smallest absolute Gasteiger partial charge is 0.0709 e. The van der Waals surface area contributed by atoms with Gasteiger partial charge in [0.05, 0.1) is 11.2 Å². The van der Waals surface area contributed by atoms with Crippen molar-refractivity contribution in [2.24, 2.45) is 0 Å². The molecule has 1 aromatic carbocycles. The van der Waals surface area contributed by atoms with E-state index in [9.17, 15) is 0 Å². The minimum absolute atomic E-state index is 0.936. The molecule has 1 aliphatic heterocycles. The second-order valence-electron chi connectivity index (χ2n) is 3.75. The monoisotopic (exact) mass is 196 g/mol. The molecule has 74 valence electrons. The van der Waals surface area contributed by atoms with Crippen LogP contribution in [0.2, 0.25) is 0 Å². The summed E-state index contributed by atoms with van der Waals surface area (Å²) in [5, 5.41) is 4.49. The van der Waals surface area contributed by atoms with Crippen molar-refractivity contribution in [2.75, 3.05) is 13.1 Å². The Labute approximate surface area is 88.6 Å². The van der Waals surface area contributed by atoms with Crippen molar-refractivity contribution in [3.05, 3.63) is 48.2 Å². The molecule has 2 nitrogen and oxygen atoms in total. The SMILES string of the molecule is C1=C(c2ccc3ccccc3n2)CNC1. The maximum absolute atomic E-state index is 4.65. The Morgan fingerprint density at radius 2 is 2.00 bits per heavy atom. The molecule has 3 rings (SSSR count). The molecule has 1 aliphatic rings. The predicted octanol–water partition coefficient (Wildman–Crippen LogP) is 2.22. The normalized spacial score (nSPS) is 15.6. The average Bonchev–Trinajstić information content (AvgIpc) is 2.82. The van der Waals surface area contributed by atoms with Crippen LogP contribution in [-0.2, 0) is 0 Å². The largest absolute Gasteiger partial charge is 0.309 e. The second kappa shape index (κ2) is 3.48. The highest BCUT2D eigenvalue weighted by atomic mass is 14.9. The lowest BCUT2D eigenvalue weighted by molar-refractivity contribution is 0.896. The Kier molecular flexibility index (Phi) is 2.00. The lowest BCUT2D eigenvalue weighted by atomic mass is 10.1. The summed E-state index contributed by atoms with van der Waals surface area (Å²) in [5.41, 5.74) is 3.47. The van der Waals surface area contributed by atoms with Gasteiger partial charge in [-0.05, 0) is 17.7 Å². The molecule has 0 saturated heterocycles. The summed E-state index contributed by atoms with van der Waals surface area (Å²) < 4.78 is 0. The van der Waals surface area contributed by atoms with E-state index in [0.717, 1.165) is 24.3 Å². The average molecular weight is 196 g/mol. The summed E-state index contributed by atoms with van der Waals surface area (Å²) in [4.78, 5) is 4.65. The first kappa shape index (κ1) is 8.62. The van der Waals surface area contributed by atoms with Crippen molar-refractivity contribution in [1.29, 1.82) is 0 Å². The van der Waals surface area contributed by atoms with Crippen LogP contribution in [-0.4, -0.2) is 18.1 Å². The number of pyridine rings is 1. The first-order chi connectivity index (χ1) is 7.43. The predicted molar refractivity (Wildman–Crippen MR) is 62.6 cm³/mol. The number of aromatic nitrogens is 1. The van der Waals surface area contributed by atoms with Gasteiger partial charge in [-0.1, -0.05) is 30.3 Å². The molecule has 0 spiro atoms. The molecule has 15 heavy (non-hydrogen) atoms. The molecule has 1 aromatic heterocycles. The molecule has 0 atom stereocenters. The van der Waals surface area contributed by atoms with Gasteiger partial charge in [-0.3, -0.25) is 0 Å². The Bertz CT molecular complexity index is 529. The Balaban J connectivity index is 2.13. The molecule has 0 unspecified atom stereocenters. The van der Waals surface area contributed by atoms with Crippen LogP contribution in [0.25, 0.3) is 16.5 Å². The quantitative estimate of drug-likeness (QED) is 0.756. The van der Waals surface area contributed by atoms with Crippen molar-refractivity contribution >= 4 is 16.5 Å². The Morgan fingerprint density at radius 1 is 1.07 bits per heavy atom. The van der Waals surface area contributed by atoms with Gasteiger partial charge in [0.2, 0.25) is 0 Å². The number of hydrogen-bond acceptors (Lipinski definition) is 2. The maximum atomic E-state index is 4.65. The number of nitrogens with one attached hydrogen (secondary N) is 1. The van der Waals surface area contributed by atoms with Gasteiger partial charge >= 0.3 is 0 Å². The number of hydrogen-bond donors (Lipinski definition) is 1. The minimum atomic E-state index is 0.936. The highest BCUT2D eigenvalue weighted by molar-refractivity contribution is 5.81. The fourth-order valence-corrected chi connectivity index (χ4v) is 1.91. The van der Waals surface area contributed by atoms with E-state index in [1.807, 2.05) is 12.1 Å². The summed E-state index contributed by atoms with van der Waals surface area (Å²) in [6.45, 7) is 1.90. The van der Waals surface area contributed by atoms with Gasteiger partial charge in [0, 0.05) is 18.5 Å². The molecule has 0 bridgehead atoms. The number of para-hydroxylation sites is 1. The van der Waals surface area contributed by atoms with Crippen LogP contribution in [0.1, 0.15) is 5.69 Å². The van der Waals surface area contributed by atoms with Gasteiger partial charge in [-0.2, -0.15) is 0 Å². The molecule has 0 radical (unpaired) electrons. The topological polar surface area (TPSA) is 24.9 Å². The number of fused-ring (bicyclic) bond motifs is 1. The Morgan fingerprint density at radius 3 is 2.87 bits per heavy atom. The molecule has 0 aliphatic carbocycles. The van der Waals surface area contributed by atoms with Crippen molar-refractivity contribution in [3.8, 4) is 0 Å². The summed E-state index contributed by atoms with van der Waals surface area (Å²) in [7, 11) is 0. The van der Waals surface area contributed by atoms with Gasteiger partial charge in [-0.15, -0.1) is 0 Å². The van der Waals surface area contributed by atoms with E-state index in [-0.39, 0.29) is 0 Å². The van der Waals surface area contributed by atoms with Crippen LogP contribution in [0.15, 0.2) is 42.5 Å². The van der Waals surface area contributed by atoms with E-state index in [1.54, 1.807) is 0 Å². The molecule has 0 amide bonds. The summed E-state index contributed by atoms with van der Waals surface area (Å²) in [6.07, 6.45) is 2.21. The van der Waals surface area contributed by atoms with E-state index in [4.69, 9.17) is 0 Å². The fraction of sp³-hybridized carbons (Fsp3) is 0.154. The highest BCUT2D eigenvalue weighted by Gasteiger charge is 2.07. The van der Waals surface area contributed by atoms with E-state index in [1.165, 1.54) is 11.0 Å². The zero-order valence-corrected chi connectivity index (χ0v) is 8.40. The van der Waals surface area contributed by atoms with Crippen LogP contribution in [0.4, 0.5) is 0 Å². The zero-order valence-electron chi connectivity index (χ0n) is 8.40. The lowest BCUT2D eigenvalue weighted by Gasteiger charge is -2.03. The van der Waals surface area contributed by atoms with E-state index >= 15 is 0 Å². The molecular weight excluding hydrogens is 184 g/mol. The van der Waals surface area contributed by atoms with E-state index in [0.29, 0.717) is 0 Å². The highest BCUT2D eigenvalue weighted by Crippen LogP contribution is 2.18. The first-order valence-electron chi connectivity index (χ1n) is 5.19. The van der Waals surface area contributed by atoms with Crippen LogP contribution in [0.5, 0.6) is 0 Å². The second-order valence-corrected chi connectivity index (χ2v) is 3.75. The van der Waals surface area contributed by atoms with Crippen LogP contribution >= 0.6 is 0 Å². The number of benzene rings is 1. The summed E-state index contributed by atoms with van der Waals surface area (Å²) in [5.74, 6) is 0.